The summed E-state index contributed by atoms with van der Waals surface area (Å²) in [7, 11) is -2.84. The summed E-state index contributed by atoms with van der Waals surface area (Å²) in [4.78, 5) is 22.0. The summed E-state index contributed by atoms with van der Waals surface area (Å²) in [5.41, 5.74) is 0.897. The van der Waals surface area contributed by atoms with Crippen molar-refractivity contribution in [3.8, 4) is 0 Å². The molecule has 0 aliphatic heterocycles. The van der Waals surface area contributed by atoms with Crippen LogP contribution >= 0.6 is 11.6 Å². The quantitative estimate of drug-likeness (QED) is 0.595. The number of carbonyl (C=O) groups excluding carboxylic acids is 1. The Labute approximate surface area is 155 Å². The standard InChI is InChI=1S/C16H16ClN3O5S/c1-11-6-7-12(17)8-15(11)18-16(21)10-19(2)26(24,25)14-5-3-4-13(9-14)20(22)23/h3-9H,10H2,1-2H3,(H,18,21). The first-order valence-electron chi connectivity index (χ1n) is 7.38. The van der Waals surface area contributed by atoms with E-state index in [9.17, 15) is 23.3 Å². The van der Waals surface area contributed by atoms with Crippen LogP contribution in [0.4, 0.5) is 11.4 Å². The highest BCUT2D eigenvalue weighted by molar-refractivity contribution is 7.89. The number of rotatable bonds is 6. The largest absolute Gasteiger partial charge is 0.325 e. The number of aryl methyl sites for hydroxylation is 1. The maximum atomic E-state index is 12.5. The highest BCUT2D eigenvalue weighted by atomic mass is 35.5. The number of benzene rings is 2. The molecular formula is C16H16ClN3O5S. The molecule has 0 radical (unpaired) electrons. The number of halogens is 1. The predicted molar refractivity (Wildman–Crippen MR) is 97.7 cm³/mol. The van der Waals surface area contributed by atoms with E-state index in [1.165, 1.54) is 25.2 Å². The SMILES string of the molecule is Cc1ccc(Cl)cc1NC(=O)CN(C)S(=O)(=O)c1cccc([N+](=O)[O-])c1. The molecule has 0 unspecified atom stereocenters. The third-order valence-corrected chi connectivity index (χ3v) is 5.61. The fourth-order valence-corrected chi connectivity index (χ4v) is 3.48. The summed E-state index contributed by atoms with van der Waals surface area (Å²) < 4.78 is 25.9. The number of nitro benzene ring substituents is 1. The molecule has 2 aromatic carbocycles. The molecule has 0 aliphatic rings. The van der Waals surface area contributed by atoms with Crippen molar-refractivity contribution in [1.82, 2.24) is 4.31 Å². The smallest absolute Gasteiger partial charge is 0.270 e. The van der Waals surface area contributed by atoms with E-state index in [0.717, 1.165) is 15.9 Å². The number of nitrogens with one attached hydrogen (secondary N) is 1. The van der Waals surface area contributed by atoms with Crippen LogP contribution < -0.4 is 5.32 Å². The second-order valence-corrected chi connectivity index (χ2v) is 8.00. The Morgan fingerprint density at radius 3 is 2.62 bits per heavy atom. The Balaban J connectivity index is 2.16. The molecule has 0 aromatic heterocycles. The fraction of sp³-hybridized carbons (Fsp3) is 0.188. The Hall–Kier alpha value is -2.49. The number of non-ortho nitro benzene ring substituents is 1. The molecule has 26 heavy (non-hydrogen) atoms. The van der Waals surface area contributed by atoms with Gasteiger partial charge < -0.3 is 5.32 Å². The molecule has 138 valence electrons. The van der Waals surface area contributed by atoms with Crippen LogP contribution in [0.15, 0.2) is 47.4 Å². The van der Waals surface area contributed by atoms with Crippen LogP contribution in [0, 0.1) is 17.0 Å². The maximum Gasteiger partial charge on any atom is 0.270 e. The van der Waals surface area contributed by atoms with Gasteiger partial charge in [0.1, 0.15) is 0 Å². The Bertz CT molecular complexity index is 962. The lowest BCUT2D eigenvalue weighted by molar-refractivity contribution is -0.385. The molecule has 0 saturated heterocycles. The van der Waals surface area contributed by atoms with Gasteiger partial charge in [0.05, 0.1) is 16.4 Å². The zero-order valence-corrected chi connectivity index (χ0v) is 15.5. The van der Waals surface area contributed by atoms with Gasteiger partial charge in [-0.05, 0) is 30.7 Å². The van der Waals surface area contributed by atoms with Crippen molar-refractivity contribution >= 4 is 38.9 Å². The van der Waals surface area contributed by atoms with Crippen molar-refractivity contribution < 1.29 is 18.1 Å². The summed E-state index contributed by atoms with van der Waals surface area (Å²) in [6, 6.07) is 9.60. The second-order valence-electron chi connectivity index (χ2n) is 5.52. The molecule has 0 fully saturated rings. The Morgan fingerprint density at radius 2 is 1.96 bits per heavy atom. The minimum Gasteiger partial charge on any atom is -0.325 e. The van der Waals surface area contributed by atoms with E-state index < -0.39 is 27.4 Å². The number of anilines is 1. The van der Waals surface area contributed by atoms with E-state index in [2.05, 4.69) is 5.32 Å². The lowest BCUT2D eigenvalue weighted by Crippen LogP contribution is -2.35. The van der Waals surface area contributed by atoms with E-state index in [-0.39, 0.29) is 10.6 Å². The summed E-state index contributed by atoms with van der Waals surface area (Å²) in [6.45, 7) is 1.31. The number of sulfonamides is 1. The average Bonchev–Trinajstić information content (AvgIpc) is 2.58. The van der Waals surface area contributed by atoms with Crippen molar-refractivity contribution in [1.29, 1.82) is 0 Å². The van der Waals surface area contributed by atoms with Crippen molar-refractivity contribution in [2.45, 2.75) is 11.8 Å². The van der Waals surface area contributed by atoms with Crippen LogP contribution in [0.2, 0.25) is 5.02 Å². The minimum absolute atomic E-state index is 0.263. The van der Waals surface area contributed by atoms with Crippen molar-refractivity contribution in [3.63, 3.8) is 0 Å². The number of likely N-dealkylation sites (N-methyl/N-ethyl adjacent to an activating group) is 1. The fourth-order valence-electron chi connectivity index (χ4n) is 2.14. The highest BCUT2D eigenvalue weighted by Gasteiger charge is 2.25. The van der Waals surface area contributed by atoms with E-state index in [0.29, 0.717) is 10.7 Å². The van der Waals surface area contributed by atoms with Crippen LogP contribution in [-0.4, -0.2) is 37.1 Å². The first kappa shape index (κ1) is 19.8. The first-order valence-corrected chi connectivity index (χ1v) is 9.20. The van der Waals surface area contributed by atoms with Crippen molar-refractivity contribution in [2.75, 3.05) is 18.9 Å². The van der Waals surface area contributed by atoms with Gasteiger partial charge in [-0.2, -0.15) is 4.31 Å². The van der Waals surface area contributed by atoms with Gasteiger partial charge in [0, 0.05) is 29.9 Å². The Kier molecular flexibility index (Phi) is 5.96. The number of hydrogen-bond donors (Lipinski definition) is 1. The molecule has 0 aliphatic carbocycles. The number of amides is 1. The summed E-state index contributed by atoms with van der Waals surface area (Å²) in [5.74, 6) is -0.563. The van der Waals surface area contributed by atoms with Crippen molar-refractivity contribution in [2.24, 2.45) is 0 Å². The van der Waals surface area contributed by atoms with E-state index in [1.54, 1.807) is 25.1 Å². The third kappa shape index (κ3) is 4.57. The zero-order chi connectivity index (χ0) is 19.5. The number of nitro groups is 1. The average molecular weight is 398 g/mol. The molecule has 1 amide bonds. The zero-order valence-electron chi connectivity index (χ0n) is 14.0. The van der Waals surface area contributed by atoms with Crippen LogP contribution in [-0.2, 0) is 14.8 Å². The third-order valence-electron chi connectivity index (χ3n) is 3.58. The topological polar surface area (TPSA) is 110 Å². The molecule has 0 atom stereocenters. The van der Waals surface area contributed by atoms with Gasteiger partial charge >= 0.3 is 0 Å². The lowest BCUT2D eigenvalue weighted by Gasteiger charge is -2.17. The van der Waals surface area contributed by atoms with E-state index >= 15 is 0 Å². The van der Waals surface area contributed by atoms with Crippen LogP contribution in [0.3, 0.4) is 0 Å². The minimum atomic E-state index is -4.06. The molecule has 1 N–H and O–H groups in total. The maximum absolute atomic E-state index is 12.5. The normalized spacial score (nSPS) is 11.4. The number of carbonyl (C=O) groups is 1. The molecule has 0 heterocycles. The highest BCUT2D eigenvalue weighted by Crippen LogP contribution is 2.22. The van der Waals surface area contributed by atoms with E-state index in [1.807, 2.05) is 0 Å². The first-order chi connectivity index (χ1) is 12.1. The number of nitrogens with zero attached hydrogens (tertiary/aromatic N) is 2. The van der Waals surface area contributed by atoms with Gasteiger partial charge in [-0.1, -0.05) is 23.7 Å². The molecule has 0 spiro atoms. The van der Waals surface area contributed by atoms with Gasteiger partial charge in [0.25, 0.3) is 5.69 Å². The van der Waals surface area contributed by atoms with Crippen LogP contribution in [0.5, 0.6) is 0 Å². The molecule has 8 nitrogen and oxygen atoms in total. The van der Waals surface area contributed by atoms with Crippen molar-refractivity contribution in [3.05, 3.63) is 63.2 Å². The van der Waals surface area contributed by atoms with Gasteiger partial charge in [-0.25, -0.2) is 8.42 Å². The van der Waals surface area contributed by atoms with E-state index in [4.69, 9.17) is 11.6 Å². The van der Waals surface area contributed by atoms with Gasteiger partial charge in [-0.3, -0.25) is 14.9 Å². The molecule has 0 bridgehead atoms. The summed E-state index contributed by atoms with van der Waals surface area (Å²) >= 11 is 5.89. The molecule has 2 aromatic rings. The van der Waals surface area contributed by atoms with Gasteiger partial charge in [0.15, 0.2) is 0 Å². The molecule has 10 heteroatoms. The monoisotopic (exact) mass is 397 g/mol. The van der Waals surface area contributed by atoms with Gasteiger partial charge in [0.2, 0.25) is 15.9 Å². The number of hydrogen-bond acceptors (Lipinski definition) is 5. The molecule has 0 saturated carbocycles. The molecular weight excluding hydrogens is 382 g/mol. The Morgan fingerprint density at radius 1 is 1.27 bits per heavy atom. The summed E-state index contributed by atoms with van der Waals surface area (Å²) in [5, 5.41) is 13.8. The van der Waals surface area contributed by atoms with Gasteiger partial charge in [-0.15, -0.1) is 0 Å². The molecule has 2 rings (SSSR count). The summed E-state index contributed by atoms with van der Waals surface area (Å²) in [6.07, 6.45) is 0. The van der Waals surface area contributed by atoms with Crippen LogP contribution in [0.25, 0.3) is 0 Å². The predicted octanol–water partition coefficient (Wildman–Crippen LogP) is 2.82. The van der Waals surface area contributed by atoms with Crippen LogP contribution in [0.1, 0.15) is 5.56 Å². The second kappa shape index (κ2) is 7.81. The lowest BCUT2D eigenvalue weighted by atomic mass is 10.2.